The Kier molecular flexibility index (Phi) is 8.19. The molecule has 6 heteroatoms. The van der Waals surface area contributed by atoms with Crippen LogP contribution in [0.25, 0.3) is 5.57 Å². The average Bonchev–Trinajstić information content (AvgIpc) is 2.70. The van der Waals surface area contributed by atoms with Crippen molar-refractivity contribution >= 4 is 17.5 Å². The van der Waals surface area contributed by atoms with Crippen LogP contribution in [0.15, 0.2) is 48.7 Å². The van der Waals surface area contributed by atoms with Gasteiger partial charge in [-0.15, -0.1) is 0 Å². The zero-order valence-corrected chi connectivity index (χ0v) is 15.9. The van der Waals surface area contributed by atoms with Gasteiger partial charge in [-0.2, -0.15) is 0 Å². The molecule has 0 spiro atoms. The molecule has 0 amide bonds. The van der Waals surface area contributed by atoms with Crippen LogP contribution in [0.1, 0.15) is 18.1 Å². The molecule has 27 heavy (non-hydrogen) atoms. The highest BCUT2D eigenvalue weighted by atomic mass is 16.5. The fourth-order valence-corrected chi connectivity index (χ4v) is 2.70. The molecule has 2 aromatic carbocycles. The molecule has 0 atom stereocenters. The maximum absolute atomic E-state index is 7.43. The number of allylic oxidation sites excluding steroid dienone is 1. The number of hydrogen-bond acceptors (Lipinski definition) is 6. The summed E-state index contributed by atoms with van der Waals surface area (Å²) in [5, 5.41) is 14.2. The fourth-order valence-electron chi connectivity index (χ4n) is 2.70. The van der Waals surface area contributed by atoms with E-state index in [4.69, 9.17) is 20.6 Å². The first-order valence-electron chi connectivity index (χ1n) is 8.99. The number of methoxy groups -OCH3 is 1. The van der Waals surface area contributed by atoms with Crippen LogP contribution in [-0.4, -0.2) is 33.0 Å². The van der Waals surface area contributed by atoms with Gasteiger partial charge in [0, 0.05) is 54.9 Å². The lowest BCUT2D eigenvalue weighted by molar-refractivity contribution is 0.340. The average molecular weight is 368 g/mol. The van der Waals surface area contributed by atoms with E-state index in [1.54, 1.807) is 7.11 Å². The van der Waals surface area contributed by atoms with Crippen LogP contribution in [-0.2, 0) is 6.54 Å². The Morgan fingerprint density at radius 2 is 2.04 bits per heavy atom. The van der Waals surface area contributed by atoms with Gasteiger partial charge in [0.05, 0.1) is 13.7 Å². The van der Waals surface area contributed by atoms with E-state index in [1.807, 2.05) is 37.3 Å². The van der Waals surface area contributed by atoms with E-state index >= 15 is 0 Å². The molecule has 0 radical (unpaired) electrons. The molecule has 0 aliphatic rings. The minimum Gasteiger partial charge on any atom is -0.496 e. The van der Waals surface area contributed by atoms with Crippen molar-refractivity contribution in [1.29, 1.82) is 5.41 Å². The summed E-state index contributed by atoms with van der Waals surface area (Å²) in [6, 6.07) is 13.9. The molecule has 5 N–H and O–H groups in total. The number of hydrogen-bond donors (Lipinski definition) is 4. The Morgan fingerprint density at radius 1 is 1.19 bits per heavy atom. The zero-order valence-electron chi connectivity index (χ0n) is 15.9. The molecule has 0 saturated carbocycles. The van der Waals surface area contributed by atoms with Crippen molar-refractivity contribution in [3.63, 3.8) is 0 Å². The normalized spacial score (nSPS) is 11.1. The van der Waals surface area contributed by atoms with Crippen LogP contribution in [0.2, 0.25) is 0 Å². The Hall–Kier alpha value is -2.99. The first-order chi connectivity index (χ1) is 13.2. The minimum absolute atomic E-state index is 0.620. The highest BCUT2D eigenvalue weighted by Crippen LogP contribution is 2.27. The van der Waals surface area contributed by atoms with Crippen molar-refractivity contribution in [2.24, 2.45) is 5.73 Å². The van der Waals surface area contributed by atoms with Crippen molar-refractivity contribution in [2.75, 3.05) is 32.1 Å². The van der Waals surface area contributed by atoms with E-state index in [9.17, 15) is 0 Å². The zero-order chi connectivity index (χ0) is 19.5. The van der Waals surface area contributed by atoms with Gasteiger partial charge < -0.3 is 31.3 Å². The predicted molar refractivity (Wildman–Crippen MR) is 112 cm³/mol. The molecule has 0 unspecified atom stereocenters. The molecule has 2 rings (SSSR count). The molecule has 0 saturated heterocycles. The topological polar surface area (TPSA) is 92.4 Å². The number of benzene rings is 2. The van der Waals surface area contributed by atoms with Crippen LogP contribution >= 0.6 is 0 Å². The van der Waals surface area contributed by atoms with Gasteiger partial charge in [0.1, 0.15) is 11.5 Å². The smallest absolute Gasteiger partial charge is 0.128 e. The summed E-state index contributed by atoms with van der Waals surface area (Å²) >= 11 is 0. The second kappa shape index (κ2) is 10.9. The van der Waals surface area contributed by atoms with Gasteiger partial charge in [0.2, 0.25) is 0 Å². The first-order valence-corrected chi connectivity index (χ1v) is 8.99. The lowest BCUT2D eigenvalue weighted by Gasteiger charge is -2.13. The van der Waals surface area contributed by atoms with Crippen molar-refractivity contribution in [2.45, 2.75) is 13.5 Å². The molecule has 0 heterocycles. The van der Waals surface area contributed by atoms with E-state index in [1.165, 1.54) is 18.0 Å². The van der Waals surface area contributed by atoms with Crippen molar-refractivity contribution in [3.05, 3.63) is 59.8 Å². The molecule has 6 nitrogen and oxygen atoms in total. The Bertz CT molecular complexity index is 775. The Balaban J connectivity index is 1.83. The molecular formula is C21H28N4O2. The van der Waals surface area contributed by atoms with Crippen molar-refractivity contribution in [3.8, 4) is 11.5 Å². The number of nitrogens with two attached hydrogens (primary N) is 1. The van der Waals surface area contributed by atoms with Gasteiger partial charge in [-0.3, -0.25) is 0 Å². The number of rotatable bonds is 11. The summed E-state index contributed by atoms with van der Waals surface area (Å²) in [7, 11) is 1.61. The van der Waals surface area contributed by atoms with Crippen LogP contribution in [0.3, 0.4) is 0 Å². The van der Waals surface area contributed by atoms with Gasteiger partial charge in [-0.1, -0.05) is 12.1 Å². The number of nitrogens with one attached hydrogen (secondary N) is 3. The molecule has 2 aromatic rings. The number of anilines is 1. The summed E-state index contributed by atoms with van der Waals surface area (Å²) in [6.45, 7) is 5.03. The molecule has 0 fully saturated rings. The predicted octanol–water partition coefficient (Wildman–Crippen LogP) is 3.24. The van der Waals surface area contributed by atoms with Crippen LogP contribution in [0, 0.1) is 5.41 Å². The molecule has 0 aliphatic heterocycles. The standard InChI is InChI=1S/C21H28N4O2/c1-3-27-19-6-4-5-16(11-19)15-24-9-10-25-18-7-8-20(17(13-22)14-23)21(12-18)26-2/h4-8,11-14,22,24-25H,3,9-10,15,23H2,1-2H3/b17-14+,22-13?. The Labute approximate surface area is 160 Å². The Morgan fingerprint density at radius 3 is 2.74 bits per heavy atom. The van der Waals surface area contributed by atoms with Gasteiger partial charge in [-0.25, -0.2) is 0 Å². The quantitative estimate of drug-likeness (QED) is 0.361. The monoisotopic (exact) mass is 368 g/mol. The molecule has 144 valence electrons. The first kappa shape index (κ1) is 20.3. The fraction of sp³-hybridized carbons (Fsp3) is 0.286. The van der Waals surface area contributed by atoms with E-state index < -0.39 is 0 Å². The van der Waals surface area contributed by atoms with Crippen molar-refractivity contribution in [1.82, 2.24) is 5.32 Å². The molecular weight excluding hydrogens is 340 g/mol. The summed E-state index contributed by atoms with van der Waals surface area (Å²) in [5.41, 5.74) is 9.13. The maximum Gasteiger partial charge on any atom is 0.128 e. The summed E-state index contributed by atoms with van der Waals surface area (Å²) in [6.07, 6.45) is 2.62. The second-order valence-corrected chi connectivity index (χ2v) is 5.87. The highest BCUT2D eigenvalue weighted by Gasteiger charge is 2.07. The highest BCUT2D eigenvalue weighted by molar-refractivity contribution is 6.09. The number of ether oxygens (including phenoxy) is 2. The third-order valence-electron chi connectivity index (χ3n) is 4.02. The second-order valence-electron chi connectivity index (χ2n) is 5.87. The van der Waals surface area contributed by atoms with Crippen molar-refractivity contribution < 1.29 is 9.47 Å². The van der Waals surface area contributed by atoms with E-state index in [0.29, 0.717) is 17.9 Å². The SMILES string of the molecule is CCOc1cccc(CNCCNc2ccc(/C(C=N)=C/N)c(OC)c2)c1. The van der Waals surface area contributed by atoms with E-state index in [0.717, 1.165) is 36.6 Å². The van der Waals surface area contributed by atoms with Gasteiger partial charge in [0.15, 0.2) is 0 Å². The van der Waals surface area contributed by atoms with Gasteiger partial charge in [0.25, 0.3) is 0 Å². The van der Waals surface area contributed by atoms with Crippen LogP contribution < -0.4 is 25.8 Å². The summed E-state index contributed by atoms with van der Waals surface area (Å²) in [4.78, 5) is 0. The van der Waals surface area contributed by atoms with E-state index in [2.05, 4.69) is 22.8 Å². The van der Waals surface area contributed by atoms with Crippen LogP contribution in [0.4, 0.5) is 5.69 Å². The van der Waals surface area contributed by atoms with Gasteiger partial charge >= 0.3 is 0 Å². The van der Waals surface area contributed by atoms with E-state index in [-0.39, 0.29) is 0 Å². The lowest BCUT2D eigenvalue weighted by Crippen LogP contribution is -2.21. The lowest BCUT2D eigenvalue weighted by atomic mass is 10.1. The summed E-state index contributed by atoms with van der Waals surface area (Å²) < 4.78 is 10.9. The largest absolute Gasteiger partial charge is 0.496 e. The summed E-state index contributed by atoms with van der Waals surface area (Å²) in [5.74, 6) is 1.58. The minimum atomic E-state index is 0.620. The molecule has 0 aliphatic carbocycles. The molecule has 0 bridgehead atoms. The third-order valence-corrected chi connectivity index (χ3v) is 4.02. The molecule has 0 aromatic heterocycles. The van der Waals surface area contributed by atoms with Gasteiger partial charge in [-0.05, 0) is 36.8 Å². The van der Waals surface area contributed by atoms with Crippen LogP contribution in [0.5, 0.6) is 11.5 Å². The third kappa shape index (κ3) is 6.04. The maximum atomic E-state index is 7.43.